The van der Waals surface area contributed by atoms with Crippen LogP contribution in [0.2, 0.25) is 0 Å². The number of amides is 1. The first kappa shape index (κ1) is 28.3. The molecule has 3 aromatic carbocycles. The van der Waals surface area contributed by atoms with Crippen LogP contribution in [0.3, 0.4) is 0 Å². The molecular formula is C34H35N3O3S. The van der Waals surface area contributed by atoms with Gasteiger partial charge in [0.15, 0.2) is 5.13 Å². The maximum absolute atomic E-state index is 13.8. The number of anilines is 1. The maximum Gasteiger partial charge on any atom is 0.232 e. The first-order chi connectivity index (χ1) is 19.8. The molecule has 0 bridgehead atoms. The second-order valence-electron chi connectivity index (χ2n) is 10.5. The minimum absolute atomic E-state index is 0.0983. The number of thiazole rings is 1. The van der Waals surface area contributed by atoms with Crippen LogP contribution in [0.5, 0.6) is 17.2 Å². The van der Waals surface area contributed by atoms with Gasteiger partial charge in [0.1, 0.15) is 17.2 Å². The molecule has 1 aromatic heterocycles. The highest BCUT2D eigenvalue weighted by Gasteiger charge is 2.43. The van der Waals surface area contributed by atoms with Crippen molar-refractivity contribution in [3.63, 3.8) is 0 Å². The number of aromatic nitrogens is 1. The monoisotopic (exact) mass is 565 g/mol. The van der Waals surface area contributed by atoms with Gasteiger partial charge in [0.05, 0.1) is 18.2 Å². The molecule has 210 valence electrons. The Morgan fingerprint density at radius 3 is 2.59 bits per heavy atom. The molecule has 6 nitrogen and oxygen atoms in total. The van der Waals surface area contributed by atoms with E-state index in [1.807, 2.05) is 81.8 Å². The Balaban J connectivity index is 1.33. The van der Waals surface area contributed by atoms with Crippen molar-refractivity contribution in [2.24, 2.45) is 10.4 Å². The Morgan fingerprint density at radius 2 is 1.85 bits per heavy atom. The lowest BCUT2D eigenvalue weighted by molar-refractivity contribution is -0.124. The van der Waals surface area contributed by atoms with Crippen molar-refractivity contribution in [1.29, 1.82) is 0 Å². The lowest BCUT2D eigenvalue weighted by atomic mass is 9.69. The first-order valence-corrected chi connectivity index (χ1v) is 14.7. The molecule has 0 radical (unpaired) electrons. The second-order valence-corrected chi connectivity index (χ2v) is 11.4. The summed E-state index contributed by atoms with van der Waals surface area (Å²) in [6.07, 6.45) is 4.67. The van der Waals surface area contributed by atoms with E-state index in [-0.39, 0.29) is 11.8 Å². The van der Waals surface area contributed by atoms with E-state index in [2.05, 4.69) is 40.7 Å². The van der Waals surface area contributed by atoms with E-state index in [1.54, 1.807) is 7.11 Å². The summed E-state index contributed by atoms with van der Waals surface area (Å²) in [5, 5.41) is 5.70. The largest absolute Gasteiger partial charge is 0.497 e. The van der Waals surface area contributed by atoms with E-state index in [0.29, 0.717) is 23.1 Å². The van der Waals surface area contributed by atoms with Crippen molar-refractivity contribution in [2.45, 2.75) is 40.0 Å². The molecule has 1 N–H and O–H groups in total. The fourth-order valence-electron chi connectivity index (χ4n) is 5.21. The summed E-state index contributed by atoms with van der Waals surface area (Å²) in [5.41, 5.74) is 5.46. The zero-order chi connectivity index (χ0) is 29.0. The number of carbonyl (C=O) groups excluding carboxylic acids is 1. The van der Waals surface area contributed by atoms with Gasteiger partial charge in [-0.2, -0.15) is 0 Å². The Labute approximate surface area is 245 Å². The molecule has 0 saturated carbocycles. The maximum atomic E-state index is 13.8. The summed E-state index contributed by atoms with van der Waals surface area (Å²) in [6.45, 7) is 8.76. The van der Waals surface area contributed by atoms with Crippen molar-refractivity contribution < 1.29 is 14.3 Å². The van der Waals surface area contributed by atoms with Gasteiger partial charge in [0.25, 0.3) is 0 Å². The molecule has 1 aliphatic rings. The smallest absolute Gasteiger partial charge is 0.232 e. The summed E-state index contributed by atoms with van der Waals surface area (Å²) in [6, 6.07) is 22.1. The third-order valence-electron chi connectivity index (χ3n) is 7.46. The predicted molar refractivity (Wildman–Crippen MR) is 168 cm³/mol. The molecule has 7 heteroatoms. The fraction of sp³-hybridized carbons (Fsp3) is 0.265. The van der Waals surface area contributed by atoms with Crippen molar-refractivity contribution >= 4 is 34.2 Å². The summed E-state index contributed by atoms with van der Waals surface area (Å²) >= 11 is 1.45. The number of nitrogens with zero attached hydrogens (tertiary/aromatic N) is 2. The van der Waals surface area contributed by atoms with Gasteiger partial charge < -0.3 is 14.8 Å². The SMILES string of the molecule is C/C=C(\C=NCC)c1ccc(Cc2csc(NC(=O)C(C)(C)C3c4ccccc4Oc4cc(OC)ccc43)n2)cc1. The van der Waals surface area contributed by atoms with E-state index >= 15 is 0 Å². The van der Waals surface area contributed by atoms with Crippen LogP contribution in [-0.2, 0) is 11.2 Å². The number of benzene rings is 3. The molecule has 1 aliphatic heterocycles. The minimum atomic E-state index is -0.795. The zero-order valence-corrected chi connectivity index (χ0v) is 24.9. The molecule has 4 aromatic rings. The van der Waals surface area contributed by atoms with Crippen molar-refractivity contribution in [1.82, 2.24) is 4.98 Å². The molecule has 1 unspecified atom stereocenters. The van der Waals surface area contributed by atoms with Crippen LogP contribution in [0.25, 0.3) is 5.57 Å². The second kappa shape index (κ2) is 12.1. The Morgan fingerprint density at radius 1 is 1.10 bits per heavy atom. The highest BCUT2D eigenvalue weighted by Crippen LogP contribution is 2.52. The lowest BCUT2D eigenvalue weighted by Crippen LogP contribution is -2.38. The number of fused-ring (bicyclic) bond motifs is 2. The van der Waals surface area contributed by atoms with E-state index in [4.69, 9.17) is 14.5 Å². The van der Waals surface area contributed by atoms with E-state index < -0.39 is 5.41 Å². The average molecular weight is 566 g/mol. The fourth-order valence-corrected chi connectivity index (χ4v) is 5.91. The lowest BCUT2D eigenvalue weighted by Gasteiger charge is -2.38. The van der Waals surface area contributed by atoms with Crippen LogP contribution < -0.4 is 14.8 Å². The molecule has 1 atom stereocenters. The van der Waals surface area contributed by atoms with E-state index in [9.17, 15) is 4.79 Å². The average Bonchev–Trinajstić information content (AvgIpc) is 3.42. The number of ether oxygens (including phenoxy) is 2. The summed E-state index contributed by atoms with van der Waals surface area (Å²) < 4.78 is 11.6. The summed E-state index contributed by atoms with van der Waals surface area (Å²) in [4.78, 5) is 22.9. The molecule has 2 heterocycles. The number of hydrogen-bond donors (Lipinski definition) is 1. The van der Waals surface area contributed by atoms with Crippen molar-refractivity contribution in [3.8, 4) is 17.2 Å². The molecule has 0 fully saturated rings. The summed E-state index contributed by atoms with van der Waals surface area (Å²) in [7, 11) is 1.63. The quantitative estimate of drug-likeness (QED) is 0.208. The van der Waals surface area contributed by atoms with Crippen LogP contribution in [-0.4, -0.2) is 30.8 Å². The standard InChI is InChI=1S/C34H35N3O3S/c1-6-23(20-35-7-2)24-14-12-22(13-15-24)18-25-21-41-33(36-25)37-32(38)34(3,4)31-27-10-8-9-11-29(27)40-30-19-26(39-5)16-17-28(30)31/h6,8-17,19-21,31H,7,18H2,1-5H3,(H,36,37,38)/b23-6+,35-20?. The van der Waals surface area contributed by atoms with Crippen LogP contribution >= 0.6 is 11.3 Å². The topological polar surface area (TPSA) is 72.8 Å². The number of nitrogens with one attached hydrogen (secondary N) is 1. The summed E-state index contributed by atoms with van der Waals surface area (Å²) in [5.74, 6) is 1.85. The van der Waals surface area contributed by atoms with Crippen LogP contribution in [0.15, 0.2) is 83.2 Å². The molecule has 1 amide bonds. The highest BCUT2D eigenvalue weighted by molar-refractivity contribution is 7.13. The Bertz CT molecular complexity index is 1600. The number of rotatable bonds is 9. The number of para-hydroxylation sites is 1. The Hall–Kier alpha value is -4.23. The van der Waals surface area contributed by atoms with Crippen LogP contribution in [0.4, 0.5) is 5.13 Å². The minimum Gasteiger partial charge on any atom is -0.497 e. The number of carbonyl (C=O) groups is 1. The molecule has 0 saturated heterocycles. The van der Waals surface area contributed by atoms with Gasteiger partial charge in [0.2, 0.25) is 5.91 Å². The third kappa shape index (κ3) is 5.95. The van der Waals surface area contributed by atoms with Gasteiger partial charge in [-0.25, -0.2) is 4.98 Å². The van der Waals surface area contributed by atoms with Gasteiger partial charge >= 0.3 is 0 Å². The molecule has 5 rings (SSSR count). The number of allylic oxidation sites excluding steroid dienone is 2. The first-order valence-electron chi connectivity index (χ1n) is 13.8. The Kier molecular flexibility index (Phi) is 8.36. The van der Waals surface area contributed by atoms with Gasteiger partial charge in [-0.3, -0.25) is 9.79 Å². The van der Waals surface area contributed by atoms with Gasteiger partial charge in [-0.15, -0.1) is 11.3 Å². The van der Waals surface area contributed by atoms with Crippen molar-refractivity contribution in [2.75, 3.05) is 19.0 Å². The molecule has 0 aliphatic carbocycles. The van der Waals surface area contributed by atoms with E-state index in [0.717, 1.165) is 45.8 Å². The molecular weight excluding hydrogens is 530 g/mol. The molecule has 0 spiro atoms. The van der Waals surface area contributed by atoms with Gasteiger partial charge in [-0.1, -0.05) is 68.5 Å². The van der Waals surface area contributed by atoms with Crippen LogP contribution in [0.1, 0.15) is 61.6 Å². The number of methoxy groups -OCH3 is 1. The predicted octanol–water partition coefficient (Wildman–Crippen LogP) is 8.14. The van der Waals surface area contributed by atoms with Gasteiger partial charge in [0, 0.05) is 47.7 Å². The normalized spacial score (nSPS) is 14.8. The van der Waals surface area contributed by atoms with E-state index in [1.165, 1.54) is 11.3 Å². The zero-order valence-electron chi connectivity index (χ0n) is 24.1. The van der Waals surface area contributed by atoms with Crippen molar-refractivity contribution in [3.05, 3.63) is 106 Å². The third-order valence-corrected chi connectivity index (χ3v) is 8.26. The van der Waals surface area contributed by atoms with Gasteiger partial charge in [-0.05, 0) is 42.7 Å². The van der Waals surface area contributed by atoms with Crippen LogP contribution in [0, 0.1) is 5.41 Å². The number of aliphatic imine (C=N–C) groups is 1. The molecule has 41 heavy (non-hydrogen) atoms. The number of hydrogen-bond acceptors (Lipinski definition) is 6. The highest BCUT2D eigenvalue weighted by atomic mass is 32.1.